The number of carbonyl (C=O) groups excluding carboxylic acids is 2. The third-order valence-electron chi connectivity index (χ3n) is 8.83. The number of nitrogens with zero attached hydrogens (tertiary/aromatic N) is 4. The minimum atomic E-state index is -4.56. The Morgan fingerprint density at radius 1 is 0.939 bits per heavy atom. The number of hydrogen-bond donors (Lipinski definition) is 1. The topological polar surface area (TPSA) is 78.0 Å². The molecule has 3 heterocycles. The second-order valence-corrected chi connectivity index (χ2v) is 14.8. The minimum absolute atomic E-state index is 0.00455. The lowest BCUT2D eigenvalue weighted by molar-refractivity contribution is -0.137. The first-order valence-corrected chi connectivity index (χ1v) is 17.8. The van der Waals surface area contributed by atoms with Crippen molar-refractivity contribution in [2.24, 2.45) is 5.92 Å². The molecule has 0 saturated carbocycles. The number of carbonyl (C=O) groups is 2. The molecule has 264 valence electrons. The van der Waals surface area contributed by atoms with E-state index in [2.05, 4.69) is 47.6 Å². The molecule has 1 N–H and O–H groups in total. The van der Waals surface area contributed by atoms with Gasteiger partial charge in [-0.2, -0.15) is 13.2 Å². The summed E-state index contributed by atoms with van der Waals surface area (Å²) in [4.78, 5) is 36.0. The van der Waals surface area contributed by atoms with Gasteiger partial charge in [0.25, 0.3) is 0 Å². The Labute approximate surface area is 291 Å². The van der Waals surface area contributed by atoms with Crippen LogP contribution in [0.3, 0.4) is 0 Å². The summed E-state index contributed by atoms with van der Waals surface area (Å²) < 4.78 is 47.9. The number of nitrogens with one attached hydrogen (secondary N) is 1. The van der Waals surface area contributed by atoms with Crippen LogP contribution in [0.4, 0.5) is 29.3 Å². The third kappa shape index (κ3) is 10.1. The van der Waals surface area contributed by atoms with Gasteiger partial charge >= 0.3 is 12.3 Å². The Morgan fingerprint density at radius 3 is 2.29 bits per heavy atom. The summed E-state index contributed by atoms with van der Waals surface area (Å²) in [5, 5.41) is 3.03. The Bertz CT molecular complexity index is 1580. The lowest BCUT2D eigenvalue weighted by Crippen LogP contribution is -2.50. The average molecular weight is 698 g/mol. The van der Waals surface area contributed by atoms with E-state index in [-0.39, 0.29) is 50.7 Å². The lowest BCUT2D eigenvalue weighted by Gasteiger charge is -2.37. The van der Waals surface area contributed by atoms with Crippen LogP contribution in [0.2, 0.25) is 0 Å². The highest BCUT2D eigenvalue weighted by Crippen LogP contribution is 2.39. The molecule has 0 atom stereocenters. The normalized spacial score (nSPS) is 16.1. The monoisotopic (exact) mass is 697 g/mol. The van der Waals surface area contributed by atoms with Crippen molar-refractivity contribution in [3.63, 3.8) is 0 Å². The first kappa shape index (κ1) is 36.4. The summed E-state index contributed by atoms with van der Waals surface area (Å²) in [6.45, 7) is 10.1. The molecule has 2 aliphatic heterocycles. The minimum Gasteiger partial charge on any atom is -0.444 e. The Morgan fingerprint density at radius 2 is 1.63 bits per heavy atom. The molecule has 2 aromatic carbocycles. The molecule has 8 nitrogen and oxygen atoms in total. The standard InChI is InChI=1S/C37H46F3N5O3S/c1-26-5-7-28(8-6-26)30-24-41-15-11-33(30)49-25-27-13-17-44(18-14-27)34(46)12-16-42-29-9-10-32(31(23-29)37(38,39)40)43-19-21-45(22-20-43)35(47)48-36(2,3)4/h5-11,15,23-24,27,42H,12-14,16-22,25H2,1-4H3. The van der Waals surface area contributed by atoms with Gasteiger partial charge in [0, 0.05) is 92.2 Å². The van der Waals surface area contributed by atoms with Crippen molar-refractivity contribution in [1.82, 2.24) is 14.8 Å². The summed E-state index contributed by atoms with van der Waals surface area (Å²) in [6, 6.07) is 14.7. The van der Waals surface area contributed by atoms with E-state index in [4.69, 9.17) is 4.74 Å². The fraction of sp³-hybridized carbons (Fsp3) is 0.486. The summed E-state index contributed by atoms with van der Waals surface area (Å²) in [5.41, 5.74) is 2.50. The van der Waals surface area contributed by atoms with E-state index in [0.29, 0.717) is 24.7 Å². The van der Waals surface area contributed by atoms with E-state index >= 15 is 0 Å². The van der Waals surface area contributed by atoms with E-state index in [1.165, 1.54) is 21.4 Å². The molecule has 0 aliphatic carbocycles. The van der Waals surface area contributed by atoms with Crippen molar-refractivity contribution in [3.05, 3.63) is 72.1 Å². The SMILES string of the molecule is Cc1ccc(-c2cnccc2SCC2CCN(C(=O)CCNc3ccc(N4CCN(C(=O)OC(C)(C)C)CC4)c(C(F)(F)F)c3)CC2)cc1. The van der Waals surface area contributed by atoms with E-state index in [9.17, 15) is 22.8 Å². The molecule has 0 unspecified atom stereocenters. The van der Waals surface area contributed by atoms with Crippen LogP contribution in [0, 0.1) is 12.8 Å². The van der Waals surface area contributed by atoms with Crippen molar-refractivity contribution in [3.8, 4) is 11.1 Å². The number of ether oxygens (including phenoxy) is 1. The van der Waals surface area contributed by atoms with Crippen LogP contribution in [-0.4, -0.2) is 84.0 Å². The molecule has 5 rings (SSSR count). The number of aromatic nitrogens is 1. The highest BCUT2D eigenvalue weighted by molar-refractivity contribution is 7.99. The van der Waals surface area contributed by atoms with Gasteiger partial charge in [-0.05, 0) is 76.3 Å². The number of thioether (sulfide) groups is 1. The van der Waals surface area contributed by atoms with Crippen molar-refractivity contribution < 1.29 is 27.5 Å². The van der Waals surface area contributed by atoms with Gasteiger partial charge in [0.05, 0.1) is 5.56 Å². The molecule has 0 bridgehead atoms. The zero-order valence-electron chi connectivity index (χ0n) is 28.7. The summed E-state index contributed by atoms with van der Waals surface area (Å²) in [6.07, 6.45) is 0.746. The zero-order chi connectivity index (χ0) is 35.2. The fourth-order valence-corrected chi connectivity index (χ4v) is 7.32. The average Bonchev–Trinajstić information content (AvgIpc) is 3.07. The van der Waals surface area contributed by atoms with E-state index in [0.717, 1.165) is 35.8 Å². The molecule has 2 amide bonds. The van der Waals surface area contributed by atoms with Crippen molar-refractivity contribution in [2.45, 2.75) is 63.6 Å². The smallest absolute Gasteiger partial charge is 0.418 e. The molecular formula is C37H46F3N5O3S. The first-order valence-electron chi connectivity index (χ1n) is 16.9. The predicted octanol–water partition coefficient (Wildman–Crippen LogP) is 7.97. The predicted molar refractivity (Wildman–Crippen MR) is 189 cm³/mol. The van der Waals surface area contributed by atoms with Crippen LogP contribution in [-0.2, 0) is 15.7 Å². The van der Waals surface area contributed by atoms with Gasteiger partial charge in [0.1, 0.15) is 5.60 Å². The number of pyridine rings is 1. The molecular weight excluding hydrogens is 652 g/mol. The number of hydrogen-bond acceptors (Lipinski definition) is 7. The van der Waals surface area contributed by atoms with Gasteiger partial charge in [0.15, 0.2) is 0 Å². The van der Waals surface area contributed by atoms with E-state index in [1.54, 1.807) is 31.7 Å². The Kier molecular flexibility index (Phi) is 11.7. The number of alkyl halides is 3. The third-order valence-corrected chi connectivity index (χ3v) is 10.1. The Balaban J connectivity index is 1.08. The first-order chi connectivity index (χ1) is 23.3. The molecule has 2 aliphatic rings. The Hall–Kier alpha value is -3.93. The number of rotatable bonds is 9. The number of benzene rings is 2. The summed E-state index contributed by atoms with van der Waals surface area (Å²) in [7, 11) is 0. The van der Waals surface area contributed by atoms with Crippen LogP contribution >= 0.6 is 11.8 Å². The van der Waals surface area contributed by atoms with Gasteiger partial charge in [-0.1, -0.05) is 29.8 Å². The van der Waals surface area contributed by atoms with Crippen molar-refractivity contribution in [1.29, 1.82) is 0 Å². The summed E-state index contributed by atoms with van der Waals surface area (Å²) >= 11 is 1.83. The largest absolute Gasteiger partial charge is 0.444 e. The number of anilines is 2. The van der Waals surface area contributed by atoms with Crippen LogP contribution < -0.4 is 10.2 Å². The molecule has 2 saturated heterocycles. The van der Waals surface area contributed by atoms with E-state index < -0.39 is 23.4 Å². The highest BCUT2D eigenvalue weighted by atomic mass is 32.2. The maximum absolute atomic E-state index is 14.2. The van der Waals surface area contributed by atoms with Crippen molar-refractivity contribution in [2.75, 3.05) is 61.8 Å². The van der Waals surface area contributed by atoms with Gasteiger partial charge in [-0.15, -0.1) is 11.8 Å². The van der Waals surface area contributed by atoms with Crippen LogP contribution in [0.5, 0.6) is 0 Å². The van der Waals surface area contributed by atoms with Gasteiger partial charge in [-0.25, -0.2) is 4.79 Å². The number of amides is 2. The number of aryl methyl sites for hydroxylation is 1. The maximum atomic E-state index is 14.2. The molecule has 3 aromatic rings. The lowest BCUT2D eigenvalue weighted by atomic mass is 9.99. The number of piperazine rings is 1. The quantitative estimate of drug-likeness (QED) is 0.227. The maximum Gasteiger partial charge on any atom is 0.418 e. The number of halogens is 3. The molecule has 12 heteroatoms. The second kappa shape index (κ2) is 15.7. The number of likely N-dealkylation sites (tertiary alicyclic amines) is 1. The van der Waals surface area contributed by atoms with Crippen LogP contribution in [0.15, 0.2) is 65.8 Å². The van der Waals surface area contributed by atoms with Gasteiger partial charge < -0.3 is 24.8 Å². The van der Waals surface area contributed by atoms with Crippen LogP contribution in [0.1, 0.15) is 51.2 Å². The molecule has 0 spiro atoms. The van der Waals surface area contributed by atoms with Gasteiger partial charge in [-0.3, -0.25) is 9.78 Å². The fourth-order valence-electron chi connectivity index (χ4n) is 6.09. The van der Waals surface area contributed by atoms with Gasteiger partial charge in [0.2, 0.25) is 5.91 Å². The van der Waals surface area contributed by atoms with Crippen LogP contribution in [0.25, 0.3) is 11.1 Å². The van der Waals surface area contributed by atoms with E-state index in [1.807, 2.05) is 29.1 Å². The molecule has 2 fully saturated rings. The highest BCUT2D eigenvalue weighted by Gasteiger charge is 2.36. The second-order valence-electron chi connectivity index (χ2n) is 13.7. The zero-order valence-corrected chi connectivity index (χ0v) is 29.5. The molecule has 1 aromatic heterocycles. The summed E-state index contributed by atoms with van der Waals surface area (Å²) in [5.74, 6) is 1.46. The number of piperidine rings is 1. The molecule has 49 heavy (non-hydrogen) atoms. The molecule has 0 radical (unpaired) electrons. The van der Waals surface area contributed by atoms with Crippen molar-refractivity contribution >= 4 is 35.1 Å².